The summed E-state index contributed by atoms with van der Waals surface area (Å²) < 4.78 is 0. The highest BCUT2D eigenvalue weighted by atomic mass is 16.1. The van der Waals surface area contributed by atoms with Gasteiger partial charge in [-0.3, -0.25) is 4.79 Å². The second kappa shape index (κ2) is 4.13. The molecule has 0 radical (unpaired) electrons. The minimum atomic E-state index is 0.818. The fourth-order valence-electron chi connectivity index (χ4n) is 1.13. The van der Waals surface area contributed by atoms with Crippen LogP contribution in [0.1, 0.15) is 0 Å². The van der Waals surface area contributed by atoms with Crippen molar-refractivity contribution in [2.24, 2.45) is 0 Å². The number of hydrogen-bond acceptors (Lipinski definition) is 3. The summed E-state index contributed by atoms with van der Waals surface area (Å²) in [4.78, 5) is 14.4. The molecule has 1 saturated heterocycles. The molecule has 0 saturated carbocycles. The van der Waals surface area contributed by atoms with Gasteiger partial charge in [0.1, 0.15) is 6.29 Å². The zero-order valence-electron chi connectivity index (χ0n) is 6.86. The van der Waals surface area contributed by atoms with Crippen LogP contribution in [-0.2, 0) is 4.79 Å². The zero-order valence-corrected chi connectivity index (χ0v) is 6.86. The number of likely N-dealkylation sites (N-methyl/N-ethyl adjacent to an activating group) is 1. The SMILES string of the molecule is CN1CCN(/C=C/C=O)CC1. The van der Waals surface area contributed by atoms with E-state index in [1.807, 2.05) is 6.20 Å². The van der Waals surface area contributed by atoms with Crippen LogP contribution in [0.2, 0.25) is 0 Å². The summed E-state index contributed by atoms with van der Waals surface area (Å²) in [5.74, 6) is 0. The van der Waals surface area contributed by atoms with Gasteiger partial charge >= 0.3 is 0 Å². The van der Waals surface area contributed by atoms with Gasteiger partial charge in [-0.15, -0.1) is 0 Å². The molecular formula is C8H14N2O. The van der Waals surface area contributed by atoms with Gasteiger partial charge in [0.2, 0.25) is 0 Å². The summed E-state index contributed by atoms with van der Waals surface area (Å²) in [5.41, 5.74) is 0. The van der Waals surface area contributed by atoms with E-state index in [4.69, 9.17) is 0 Å². The molecule has 0 aromatic carbocycles. The van der Waals surface area contributed by atoms with Crippen molar-refractivity contribution in [2.75, 3.05) is 33.2 Å². The Bertz CT molecular complexity index is 148. The van der Waals surface area contributed by atoms with Gasteiger partial charge in [0, 0.05) is 32.4 Å². The second-order valence-electron chi connectivity index (χ2n) is 2.82. The van der Waals surface area contributed by atoms with Gasteiger partial charge < -0.3 is 9.80 Å². The van der Waals surface area contributed by atoms with Crippen molar-refractivity contribution in [3.05, 3.63) is 12.3 Å². The van der Waals surface area contributed by atoms with Gasteiger partial charge in [0.05, 0.1) is 0 Å². The van der Waals surface area contributed by atoms with E-state index < -0.39 is 0 Å². The number of piperazine rings is 1. The molecule has 1 rings (SSSR count). The Balaban J connectivity index is 2.27. The van der Waals surface area contributed by atoms with Crippen molar-refractivity contribution in [1.82, 2.24) is 9.80 Å². The normalized spacial score (nSPS) is 21.0. The average molecular weight is 154 g/mol. The third-order valence-electron chi connectivity index (χ3n) is 1.91. The minimum absolute atomic E-state index is 0.818. The Hall–Kier alpha value is -0.830. The molecule has 0 N–H and O–H groups in total. The highest BCUT2D eigenvalue weighted by Gasteiger charge is 2.08. The Labute approximate surface area is 67.3 Å². The van der Waals surface area contributed by atoms with Crippen molar-refractivity contribution >= 4 is 6.29 Å². The van der Waals surface area contributed by atoms with Crippen LogP contribution in [0, 0.1) is 0 Å². The highest BCUT2D eigenvalue weighted by Crippen LogP contribution is 1.98. The number of carbonyl (C=O) groups excluding carboxylic acids is 1. The summed E-state index contributed by atoms with van der Waals surface area (Å²) in [6.07, 6.45) is 4.23. The molecule has 0 spiro atoms. The zero-order chi connectivity index (χ0) is 8.10. The first-order chi connectivity index (χ1) is 5.33. The molecule has 0 unspecified atom stereocenters. The van der Waals surface area contributed by atoms with Crippen LogP contribution >= 0.6 is 0 Å². The molecule has 0 atom stereocenters. The van der Waals surface area contributed by atoms with Crippen LogP contribution in [0.5, 0.6) is 0 Å². The Kier molecular flexibility index (Phi) is 3.11. The molecule has 1 heterocycles. The maximum Gasteiger partial charge on any atom is 0.144 e. The molecule has 0 aliphatic carbocycles. The maximum atomic E-state index is 9.99. The van der Waals surface area contributed by atoms with Crippen molar-refractivity contribution in [1.29, 1.82) is 0 Å². The Morgan fingerprint density at radius 2 is 1.82 bits per heavy atom. The van der Waals surface area contributed by atoms with Crippen molar-refractivity contribution in [3.63, 3.8) is 0 Å². The molecule has 62 valence electrons. The van der Waals surface area contributed by atoms with Gasteiger partial charge in [-0.2, -0.15) is 0 Å². The average Bonchev–Trinajstić information content (AvgIpc) is 2.04. The summed E-state index contributed by atoms with van der Waals surface area (Å²) in [5, 5.41) is 0. The number of aldehydes is 1. The van der Waals surface area contributed by atoms with Crippen LogP contribution in [0.3, 0.4) is 0 Å². The fraction of sp³-hybridized carbons (Fsp3) is 0.625. The standard InChI is InChI=1S/C8H14N2O/c1-9-4-6-10(7-5-9)3-2-8-11/h2-3,8H,4-7H2,1H3/b3-2+. The van der Waals surface area contributed by atoms with Gasteiger partial charge in [-0.25, -0.2) is 0 Å². The predicted octanol–water partition coefficient (Wildman–Crippen LogP) is -0.0536. The summed E-state index contributed by atoms with van der Waals surface area (Å²) in [7, 11) is 2.11. The van der Waals surface area contributed by atoms with Crippen LogP contribution in [0.15, 0.2) is 12.3 Å². The smallest absolute Gasteiger partial charge is 0.144 e. The van der Waals surface area contributed by atoms with E-state index >= 15 is 0 Å². The van der Waals surface area contributed by atoms with Crippen LogP contribution in [0.4, 0.5) is 0 Å². The van der Waals surface area contributed by atoms with E-state index in [1.54, 1.807) is 6.08 Å². The van der Waals surface area contributed by atoms with Crippen LogP contribution in [0.25, 0.3) is 0 Å². The molecule has 0 amide bonds. The molecule has 1 aliphatic rings. The summed E-state index contributed by atoms with van der Waals surface area (Å²) in [6, 6.07) is 0. The molecule has 1 aliphatic heterocycles. The van der Waals surface area contributed by atoms with Crippen molar-refractivity contribution < 1.29 is 4.79 Å². The van der Waals surface area contributed by atoms with Crippen LogP contribution in [-0.4, -0.2) is 49.3 Å². The lowest BCUT2D eigenvalue weighted by molar-refractivity contribution is -0.104. The second-order valence-corrected chi connectivity index (χ2v) is 2.82. The molecule has 3 nitrogen and oxygen atoms in total. The molecule has 0 aromatic rings. The van der Waals surface area contributed by atoms with E-state index in [-0.39, 0.29) is 0 Å². The van der Waals surface area contributed by atoms with Gasteiger partial charge in [0.25, 0.3) is 0 Å². The predicted molar refractivity (Wildman–Crippen MR) is 44.3 cm³/mol. The van der Waals surface area contributed by atoms with Crippen LogP contribution < -0.4 is 0 Å². The monoisotopic (exact) mass is 154 g/mol. The van der Waals surface area contributed by atoms with Crippen molar-refractivity contribution in [2.45, 2.75) is 0 Å². The van der Waals surface area contributed by atoms with Crippen molar-refractivity contribution in [3.8, 4) is 0 Å². The third-order valence-corrected chi connectivity index (χ3v) is 1.91. The number of rotatable bonds is 2. The Morgan fingerprint density at radius 3 is 2.36 bits per heavy atom. The topological polar surface area (TPSA) is 23.6 Å². The first kappa shape index (κ1) is 8.27. The van der Waals surface area contributed by atoms with Gasteiger partial charge in [0.15, 0.2) is 0 Å². The fourth-order valence-corrected chi connectivity index (χ4v) is 1.13. The number of allylic oxidation sites excluding steroid dienone is 1. The van der Waals surface area contributed by atoms with Gasteiger partial charge in [-0.1, -0.05) is 0 Å². The highest BCUT2D eigenvalue weighted by molar-refractivity contribution is 5.64. The number of hydrogen-bond donors (Lipinski definition) is 0. The maximum absolute atomic E-state index is 9.99. The largest absolute Gasteiger partial charge is 0.375 e. The first-order valence-electron chi connectivity index (χ1n) is 3.87. The minimum Gasteiger partial charge on any atom is -0.375 e. The molecule has 1 fully saturated rings. The molecule has 3 heteroatoms. The Morgan fingerprint density at radius 1 is 1.18 bits per heavy atom. The van der Waals surface area contributed by atoms with E-state index in [9.17, 15) is 4.79 Å². The van der Waals surface area contributed by atoms with E-state index in [1.165, 1.54) is 0 Å². The lowest BCUT2D eigenvalue weighted by atomic mass is 10.3. The summed E-state index contributed by atoms with van der Waals surface area (Å²) in [6.45, 7) is 4.23. The van der Waals surface area contributed by atoms with E-state index in [0.29, 0.717) is 0 Å². The van der Waals surface area contributed by atoms with Gasteiger partial charge in [-0.05, 0) is 13.1 Å². The number of carbonyl (C=O) groups is 1. The summed E-state index contributed by atoms with van der Waals surface area (Å²) >= 11 is 0. The van der Waals surface area contributed by atoms with E-state index in [0.717, 1.165) is 32.5 Å². The lowest BCUT2D eigenvalue weighted by Gasteiger charge is -2.31. The number of nitrogens with zero attached hydrogens (tertiary/aromatic N) is 2. The third kappa shape index (κ3) is 2.72. The quantitative estimate of drug-likeness (QED) is 0.411. The van der Waals surface area contributed by atoms with E-state index in [2.05, 4.69) is 16.8 Å². The lowest BCUT2D eigenvalue weighted by Crippen LogP contribution is -2.41. The molecule has 11 heavy (non-hydrogen) atoms. The molecule has 0 bridgehead atoms. The molecule has 0 aromatic heterocycles. The molecular weight excluding hydrogens is 140 g/mol. The first-order valence-corrected chi connectivity index (χ1v) is 3.87.